The molecular weight excluding hydrogens is 291 g/mol. The molecule has 19 heavy (non-hydrogen) atoms. The standard InChI is InChI=1S/C12H18ClFN2O2S/c1-3-15-9(2)7-16-19(17,18)8-10-4-5-12(14)11(13)6-10/h4-6,9,15-16H,3,7-8H2,1-2H3/t9-/m1/s1. The van der Waals surface area contributed by atoms with Gasteiger partial charge < -0.3 is 5.32 Å². The Morgan fingerprint density at radius 2 is 2.11 bits per heavy atom. The van der Waals surface area contributed by atoms with Crippen LogP contribution in [-0.2, 0) is 15.8 Å². The van der Waals surface area contributed by atoms with Crippen LogP contribution in [0.5, 0.6) is 0 Å². The Morgan fingerprint density at radius 1 is 1.42 bits per heavy atom. The first-order valence-corrected chi connectivity index (χ1v) is 8.01. The monoisotopic (exact) mass is 308 g/mol. The molecule has 0 radical (unpaired) electrons. The third kappa shape index (κ3) is 5.86. The van der Waals surface area contributed by atoms with Crippen molar-refractivity contribution in [1.29, 1.82) is 0 Å². The van der Waals surface area contributed by atoms with Crippen LogP contribution < -0.4 is 10.0 Å². The van der Waals surface area contributed by atoms with Crippen LogP contribution >= 0.6 is 11.6 Å². The molecule has 1 rings (SSSR count). The zero-order valence-electron chi connectivity index (χ0n) is 10.9. The average molecular weight is 309 g/mol. The smallest absolute Gasteiger partial charge is 0.215 e. The summed E-state index contributed by atoms with van der Waals surface area (Å²) in [6, 6.07) is 3.95. The molecule has 1 aromatic rings. The number of likely N-dealkylation sites (N-methyl/N-ethyl adjacent to an activating group) is 1. The molecule has 108 valence electrons. The molecule has 0 aliphatic rings. The van der Waals surface area contributed by atoms with Gasteiger partial charge in [0.15, 0.2) is 0 Å². The minimum atomic E-state index is -3.45. The number of rotatable bonds is 7. The molecule has 0 fully saturated rings. The number of hydrogen-bond donors (Lipinski definition) is 2. The van der Waals surface area contributed by atoms with Crippen LogP contribution in [0.2, 0.25) is 5.02 Å². The Bertz CT molecular complexity index is 522. The van der Waals surface area contributed by atoms with Crippen molar-refractivity contribution in [3.8, 4) is 0 Å². The predicted octanol–water partition coefficient (Wildman–Crippen LogP) is 1.90. The largest absolute Gasteiger partial charge is 0.313 e. The van der Waals surface area contributed by atoms with Gasteiger partial charge in [0, 0.05) is 12.6 Å². The second-order valence-electron chi connectivity index (χ2n) is 4.31. The van der Waals surface area contributed by atoms with Crippen LogP contribution in [0.4, 0.5) is 4.39 Å². The molecular formula is C12H18ClFN2O2S. The van der Waals surface area contributed by atoms with Gasteiger partial charge in [0.1, 0.15) is 5.82 Å². The summed E-state index contributed by atoms with van der Waals surface area (Å²) in [5, 5.41) is 3.03. The van der Waals surface area contributed by atoms with Crippen molar-refractivity contribution in [1.82, 2.24) is 10.0 Å². The SMILES string of the molecule is CCN[C@H](C)CNS(=O)(=O)Cc1ccc(F)c(Cl)c1. The highest BCUT2D eigenvalue weighted by atomic mass is 35.5. The minimum Gasteiger partial charge on any atom is -0.313 e. The molecule has 4 nitrogen and oxygen atoms in total. The zero-order valence-corrected chi connectivity index (χ0v) is 12.5. The molecule has 1 aromatic carbocycles. The fourth-order valence-electron chi connectivity index (χ4n) is 1.57. The number of benzene rings is 1. The minimum absolute atomic E-state index is 0.0524. The first-order chi connectivity index (χ1) is 8.84. The normalized spacial score (nSPS) is 13.5. The summed E-state index contributed by atoms with van der Waals surface area (Å²) < 4.78 is 39.1. The summed E-state index contributed by atoms with van der Waals surface area (Å²) in [4.78, 5) is 0. The van der Waals surface area contributed by atoms with Gasteiger partial charge in [-0.2, -0.15) is 0 Å². The van der Waals surface area contributed by atoms with Crippen LogP contribution in [0.3, 0.4) is 0 Å². The molecule has 0 saturated carbocycles. The Balaban J connectivity index is 2.61. The second kappa shape index (κ2) is 7.19. The maximum Gasteiger partial charge on any atom is 0.215 e. The predicted molar refractivity (Wildman–Crippen MR) is 75.2 cm³/mol. The van der Waals surface area contributed by atoms with E-state index in [4.69, 9.17) is 11.6 Å². The van der Waals surface area contributed by atoms with Gasteiger partial charge in [-0.25, -0.2) is 17.5 Å². The third-order valence-electron chi connectivity index (χ3n) is 2.50. The van der Waals surface area contributed by atoms with E-state index in [1.54, 1.807) is 0 Å². The molecule has 2 N–H and O–H groups in total. The summed E-state index contributed by atoms with van der Waals surface area (Å²) >= 11 is 5.61. The molecule has 7 heteroatoms. The quantitative estimate of drug-likeness (QED) is 0.809. The summed E-state index contributed by atoms with van der Waals surface area (Å²) in [7, 11) is -3.45. The van der Waals surface area contributed by atoms with Crippen molar-refractivity contribution in [2.75, 3.05) is 13.1 Å². The number of sulfonamides is 1. The average Bonchev–Trinajstić information content (AvgIpc) is 2.32. The zero-order chi connectivity index (χ0) is 14.5. The van der Waals surface area contributed by atoms with Crippen LogP contribution in [-0.4, -0.2) is 27.5 Å². The van der Waals surface area contributed by atoms with E-state index in [0.717, 1.165) is 12.6 Å². The summed E-state index contributed by atoms with van der Waals surface area (Å²) in [5.41, 5.74) is 0.454. The van der Waals surface area contributed by atoms with Crippen molar-refractivity contribution in [2.45, 2.75) is 25.6 Å². The first kappa shape index (κ1) is 16.4. The topological polar surface area (TPSA) is 58.2 Å². The summed E-state index contributed by atoms with van der Waals surface area (Å²) in [5.74, 6) is -0.775. The van der Waals surface area contributed by atoms with Crippen LogP contribution in [0.15, 0.2) is 18.2 Å². The molecule has 1 atom stereocenters. The van der Waals surface area contributed by atoms with Gasteiger partial charge >= 0.3 is 0 Å². The second-order valence-corrected chi connectivity index (χ2v) is 6.53. The van der Waals surface area contributed by atoms with Gasteiger partial charge in [0.2, 0.25) is 10.0 Å². The van der Waals surface area contributed by atoms with E-state index in [9.17, 15) is 12.8 Å². The lowest BCUT2D eigenvalue weighted by atomic mass is 10.2. The van der Waals surface area contributed by atoms with E-state index in [2.05, 4.69) is 10.0 Å². The lowest BCUT2D eigenvalue weighted by Crippen LogP contribution is -2.39. The van der Waals surface area contributed by atoms with E-state index in [1.165, 1.54) is 12.1 Å². The van der Waals surface area contributed by atoms with E-state index in [0.29, 0.717) is 12.1 Å². The third-order valence-corrected chi connectivity index (χ3v) is 4.11. The van der Waals surface area contributed by atoms with Crippen LogP contribution in [0, 0.1) is 5.82 Å². The summed E-state index contributed by atoms with van der Waals surface area (Å²) in [6.45, 7) is 4.92. The lowest BCUT2D eigenvalue weighted by Gasteiger charge is -2.13. The van der Waals surface area contributed by atoms with E-state index < -0.39 is 15.8 Å². The first-order valence-electron chi connectivity index (χ1n) is 5.98. The fourth-order valence-corrected chi connectivity index (χ4v) is 3.00. The number of halogens is 2. The maximum absolute atomic E-state index is 13.0. The molecule has 0 unspecified atom stereocenters. The molecule has 0 aromatic heterocycles. The van der Waals surface area contributed by atoms with Gasteiger partial charge in [-0.1, -0.05) is 24.6 Å². The molecule has 0 spiro atoms. The van der Waals surface area contributed by atoms with Crippen molar-refractivity contribution < 1.29 is 12.8 Å². The van der Waals surface area contributed by atoms with Gasteiger partial charge in [-0.15, -0.1) is 0 Å². The number of hydrogen-bond acceptors (Lipinski definition) is 3. The van der Waals surface area contributed by atoms with E-state index in [1.807, 2.05) is 13.8 Å². The van der Waals surface area contributed by atoms with Crippen LogP contribution in [0.25, 0.3) is 0 Å². The Labute approximate surface area is 118 Å². The molecule has 0 amide bonds. The van der Waals surface area contributed by atoms with Crippen molar-refractivity contribution >= 4 is 21.6 Å². The van der Waals surface area contributed by atoms with Crippen LogP contribution in [0.1, 0.15) is 19.4 Å². The van der Waals surface area contributed by atoms with Crippen molar-refractivity contribution in [2.24, 2.45) is 0 Å². The van der Waals surface area contributed by atoms with Gasteiger partial charge in [-0.3, -0.25) is 0 Å². The maximum atomic E-state index is 13.0. The molecule has 0 aliphatic carbocycles. The van der Waals surface area contributed by atoms with E-state index >= 15 is 0 Å². The fraction of sp³-hybridized carbons (Fsp3) is 0.500. The summed E-state index contributed by atoms with van der Waals surface area (Å²) in [6.07, 6.45) is 0. The Kier molecular flexibility index (Phi) is 6.19. The highest BCUT2D eigenvalue weighted by Crippen LogP contribution is 2.17. The highest BCUT2D eigenvalue weighted by Gasteiger charge is 2.13. The highest BCUT2D eigenvalue weighted by molar-refractivity contribution is 7.88. The number of nitrogens with one attached hydrogen (secondary N) is 2. The van der Waals surface area contributed by atoms with Crippen molar-refractivity contribution in [3.63, 3.8) is 0 Å². The van der Waals surface area contributed by atoms with E-state index in [-0.39, 0.29) is 16.8 Å². The van der Waals surface area contributed by atoms with Gasteiger partial charge in [-0.05, 0) is 31.2 Å². The lowest BCUT2D eigenvalue weighted by molar-refractivity contribution is 0.535. The molecule has 0 bridgehead atoms. The van der Waals surface area contributed by atoms with Gasteiger partial charge in [0.25, 0.3) is 0 Å². The van der Waals surface area contributed by atoms with Crippen molar-refractivity contribution in [3.05, 3.63) is 34.6 Å². The molecule has 0 heterocycles. The Hall–Kier alpha value is -0.690. The molecule has 0 saturated heterocycles. The van der Waals surface area contributed by atoms with Gasteiger partial charge in [0.05, 0.1) is 10.8 Å². The molecule has 0 aliphatic heterocycles. The Morgan fingerprint density at radius 3 is 2.68 bits per heavy atom.